The molecule has 0 aliphatic carbocycles. The van der Waals surface area contributed by atoms with Crippen LogP contribution in [0.3, 0.4) is 0 Å². The van der Waals surface area contributed by atoms with E-state index in [9.17, 15) is 18.0 Å². The largest absolute Gasteiger partial charge is 0.294 e. The minimum atomic E-state index is -3.80. The van der Waals surface area contributed by atoms with Crippen LogP contribution in [-0.4, -0.2) is 37.1 Å². The number of benzene rings is 1. The van der Waals surface area contributed by atoms with E-state index in [0.29, 0.717) is 11.1 Å². The molecule has 7 nitrogen and oxygen atoms in total. The highest BCUT2D eigenvalue weighted by molar-refractivity contribution is 7.88. The summed E-state index contributed by atoms with van der Waals surface area (Å²) in [6.45, 7) is 1.06. The molecule has 1 saturated heterocycles. The zero-order valence-corrected chi connectivity index (χ0v) is 12.1. The van der Waals surface area contributed by atoms with Crippen LogP contribution in [0.1, 0.15) is 18.1 Å². The van der Waals surface area contributed by atoms with Crippen LogP contribution < -0.4 is 5.32 Å². The first-order valence-corrected chi connectivity index (χ1v) is 7.76. The van der Waals surface area contributed by atoms with Crippen LogP contribution in [0.2, 0.25) is 0 Å². The first-order chi connectivity index (χ1) is 9.83. The smallest absolute Gasteiger partial charge is 0.244 e. The fourth-order valence-electron chi connectivity index (χ4n) is 2.00. The maximum atomic E-state index is 12.3. The van der Waals surface area contributed by atoms with Crippen molar-refractivity contribution in [2.45, 2.75) is 18.7 Å². The summed E-state index contributed by atoms with van der Waals surface area (Å²) in [5.41, 5.74) is 0.914. The molecule has 0 bridgehead atoms. The summed E-state index contributed by atoms with van der Waals surface area (Å²) < 4.78 is 25.6. The summed E-state index contributed by atoms with van der Waals surface area (Å²) in [4.78, 5) is 22.9. The van der Waals surface area contributed by atoms with Gasteiger partial charge in [-0.05, 0) is 24.6 Å². The first kappa shape index (κ1) is 15.2. The molecule has 2 rings (SSSR count). The Morgan fingerprint density at radius 2 is 1.95 bits per heavy atom. The summed E-state index contributed by atoms with van der Waals surface area (Å²) >= 11 is 0. The van der Waals surface area contributed by atoms with Gasteiger partial charge in [0.05, 0.1) is 23.9 Å². The van der Waals surface area contributed by atoms with Crippen LogP contribution in [0.15, 0.2) is 24.3 Å². The van der Waals surface area contributed by atoms with Crippen molar-refractivity contribution in [1.82, 2.24) is 9.62 Å². The van der Waals surface area contributed by atoms with E-state index >= 15 is 0 Å². The molecule has 0 saturated carbocycles. The van der Waals surface area contributed by atoms with Crippen molar-refractivity contribution >= 4 is 21.8 Å². The average molecular weight is 307 g/mol. The number of nitrogens with zero attached hydrogens (tertiary/aromatic N) is 2. The molecule has 1 aliphatic rings. The standard InChI is InChI=1S/C13H13N3O4S/c1-9-13(18)15-12(17)7-16(9)21(19,20)8-11-4-2-10(6-14)3-5-11/h2-5,9H,7-8H2,1H3,(H,15,17,18). The number of hydrogen-bond acceptors (Lipinski definition) is 5. The summed E-state index contributed by atoms with van der Waals surface area (Å²) in [6.07, 6.45) is 0. The second-order valence-electron chi connectivity index (χ2n) is 4.70. The van der Waals surface area contributed by atoms with Gasteiger partial charge in [0, 0.05) is 0 Å². The maximum absolute atomic E-state index is 12.3. The average Bonchev–Trinajstić information content (AvgIpc) is 2.43. The van der Waals surface area contributed by atoms with Crippen LogP contribution in [0, 0.1) is 11.3 Å². The van der Waals surface area contributed by atoms with Crippen molar-refractivity contribution in [3.8, 4) is 6.07 Å². The number of carbonyl (C=O) groups excluding carboxylic acids is 2. The maximum Gasteiger partial charge on any atom is 0.244 e. The lowest BCUT2D eigenvalue weighted by Gasteiger charge is -2.30. The molecule has 1 atom stereocenters. The van der Waals surface area contributed by atoms with E-state index in [1.807, 2.05) is 6.07 Å². The topological polar surface area (TPSA) is 107 Å². The third-order valence-electron chi connectivity index (χ3n) is 3.16. The van der Waals surface area contributed by atoms with E-state index in [1.165, 1.54) is 31.2 Å². The number of carbonyl (C=O) groups is 2. The molecule has 1 N–H and O–H groups in total. The van der Waals surface area contributed by atoms with Crippen LogP contribution in [0.25, 0.3) is 0 Å². The van der Waals surface area contributed by atoms with Crippen LogP contribution in [0.4, 0.5) is 0 Å². The van der Waals surface area contributed by atoms with Crippen molar-refractivity contribution in [3.63, 3.8) is 0 Å². The Bertz CT molecular complexity index is 719. The summed E-state index contributed by atoms with van der Waals surface area (Å²) in [6, 6.07) is 7.12. The Balaban J connectivity index is 2.22. The van der Waals surface area contributed by atoms with Crippen molar-refractivity contribution in [3.05, 3.63) is 35.4 Å². The van der Waals surface area contributed by atoms with Crippen molar-refractivity contribution in [2.75, 3.05) is 6.54 Å². The molecule has 1 aromatic carbocycles. The molecule has 110 valence electrons. The quantitative estimate of drug-likeness (QED) is 0.774. The molecule has 2 amide bonds. The Labute approximate surface area is 122 Å². The predicted octanol–water partition coefficient (Wildman–Crippen LogP) is -0.265. The molecular weight excluding hydrogens is 294 g/mol. The van der Waals surface area contributed by atoms with E-state index in [0.717, 1.165) is 4.31 Å². The fraction of sp³-hybridized carbons (Fsp3) is 0.308. The van der Waals surface area contributed by atoms with Gasteiger partial charge in [-0.25, -0.2) is 8.42 Å². The van der Waals surface area contributed by atoms with E-state index < -0.39 is 27.9 Å². The molecule has 0 aromatic heterocycles. The molecule has 1 heterocycles. The summed E-state index contributed by atoms with van der Waals surface area (Å²) in [5.74, 6) is -1.60. The van der Waals surface area contributed by atoms with Crippen molar-refractivity contribution in [1.29, 1.82) is 5.26 Å². The number of piperazine rings is 1. The SMILES string of the molecule is CC1C(=O)NC(=O)CN1S(=O)(=O)Cc1ccc(C#N)cc1. The second-order valence-corrected chi connectivity index (χ2v) is 6.62. The number of imide groups is 1. The minimum absolute atomic E-state index is 0.330. The minimum Gasteiger partial charge on any atom is -0.294 e. The number of sulfonamides is 1. The molecule has 1 aliphatic heterocycles. The van der Waals surface area contributed by atoms with Gasteiger partial charge in [-0.2, -0.15) is 9.57 Å². The lowest BCUT2D eigenvalue weighted by molar-refractivity contribution is -0.136. The number of rotatable bonds is 3. The van der Waals surface area contributed by atoms with Gasteiger partial charge in [-0.3, -0.25) is 14.9 Å². The van der Waals surface area contributed by atoms with E-state index in [4.69, 9.17) is 5.26 Å². The number of amides is 2. The lowest BCUT2D eigenvalue weighted by atomic mass is 10.2. The monoisotopic (exact) mass is 307 g/mol. The first-order valence-electron chi connectivity index (χ1n) is 6.16. The van der Waals surface area contributed by atoms with Gasteiger partial charge in [-0.1, -0.05) is 12.1 Å². The molecular formula is C13H13N3O4S. The Hall–Kier alpha value is -2.24. The predicted molar refractivity (Wildman–Crippen MR) is 73.1 cm³/mol. The molecule has 21 heavy (non-hydrogen) atoms. The van der Waals surface area contributed by atoms with Crippen LogP contribution in [0.5, 0.6) is 0 Å². The van der Waals surface area contributed by atoms with Gasteiger partial charge in [-0.15, -0.1) is 0 Å². The molecule has 1 unspecified atom stereocenters. The van der Waals surface area contributed by atoms with Gasteiger partial charge < -0.3 is 0 Å². The van der Waals surface area contributed by atoms with Crippen LogP contribution in [-0.2, 0) is 25.4 Å². The number of nitrogens with one attached hydrogen (secondary N) is 1. The third kappa shape index (κ3) is 3.26. The molecule has 8 heteroatoms. The van der Waals surface area contributed by atoms with Gasteiger partial charge in [0.1, 0.15) is 6.04 Å². The number of hydrogen-bond donors (Lipinski definition) is 1. The van der Waals surface area contributed by atoms with Crippen LogP contribution >= 0.6 is 0 Å². The van der Waals surface area contributed by atoms with Gasteiger partial charge in [0.15, 0.2) is 0 Å². The summed E-state index contributed by atoms with van der Waals surface area (Å²) in [5, 5.41) is 10.8. The highest BCUT2D eigenvalue weighted by Crippen LogP contribution is 2.16. The van der Waals surface area contributed by atoms with E-state index in [1.54, 1.807) is 0 Å². The zero-order valence-electron chi connectivity index (χ0n) is 11.2. The number of nitriles is 1. The van der Waals surface area contributed by atoms with Crippen molar-refractivity contribution in [2.24, 2.45) is 0 Å². The Morgan fingerprint density at radius 1 is 1.33 bits per heavy atom. The molecule has 1 aromatic rings. The highest BCUT2D eigenvalue weighted by atomic mass is 32.2. The van der Waals surface area contributed by atoms with Gasteiger partial charge >= 0.3 is 0 Å². The fourth-order valence-corrected chi connectivity index (χ4v) is 3.67. The second kappa shape index (κ2) is 5.63. The highest BCUT2D eigenvalue weighted by Gasteiger charge is 2.37. The molecule has 0 spiro atoms. The Kier molecular flexibility index (Phi) is 4.06. The van der Waals surface area contributed by atoms with Crippen molar-refractivity contribution < 1.29 is 18.0 Å². The zero-order chi connectivity index (χ0) is 15.6. The normalized spacial score (nSPS) is 19.9. The van der Waals surface area contributed by atoms with E-state index in [2.05, 4.69) is 5.32 Å². The Morgan fingerprint density at radius 3 is 2.52 bits per heavy atom. The summed E-state index contributed by atoms with van der Waals surface area (Å²) in [7, 11) is -3.80. The van der Waals surface area contributed by atoms with Gasteiger partial charge in [0.2, 0.25) is 21.8 Å². The van der Waals surface area contributed by atoms with Gasteiger partial charge in [0.25, 0.3) is 0 Å². The lowest BCUT2D eigenvalue weighted by Crippen LogP contribution is -2.58. The van der Waals surface area contributed by atoms with E-state index in [-0.39, 0.29) is 12.3 Å². The molecule has 1 fully saturated rings. The third-order valence-corrected chi connectivity index (χ3v) is 5.02. The molecule has 0 radical (unpaired) electrons.